The number of ether oxygens (including phenoxy) is 1. The molecule has 1 aliphatic heterocycles. The van der Waals surface area contributed by atoms with Crippen LogP contribution in [0.5, 0.6) is 5.88 Å². The molecule has 1 N–H and O–H groups in total. The zero-order chi connectivity index (χ0) is 19.2. The van der Waals surface area contributed by atoms with Crippen molar-refractivity contribution < 1.29 is 9.53 Å². The molecule has 6 nitrogen and oxygen atoms in total. The van der Waals surface area contributed by atoms with Crippen LogP contribution in [0.15, 0.2) is 42.2 Å². The van der Waals surface area contributed by atoms with Gasteiger partial charge in [0, 0.05) is 13.1 Å². The predicted octanol–water partition coefficient (Wildman–Crippen LogP) is 4.00. The van der Waals surface area contributed by atoms with Crippen LogP contribution in [0, 0.1) is 5.92 Å². The number of amides is 2. The summed E-state index contributed by atoms with van der Waals surface area (Å²) in [6.07, 6.45) is 7.16. The zero-order valence-corrected chi connectivity index (χ0v) is 16.1. The lowest BCUT2D eigenvalue weighted by atomic mass is 9.91. The summed E-state index contributed by atoms with van der Waals surface area (Å²) in [6.45, 7) is 5.72. The number of aryl methyl sites for hydroxylation is 1. The van der Waals surface area contributed by atoms with Crippen LogP contribution in [0.25, 0.3) is 6.08 Å². The van der Waals surface area contributed by atoms with Gasteiger partial charge in [-0.3, -0.25) is 5.32 Å². The van der Waals surface area contributed by atoms with E-state index in [0.717, 1.165) is 12.8 Å². The number of carbonyl (C=O) groups excluding carboxylic acids is 1. The Kier molecular flexibility index (Phi) is 6.06. The minimum atomic E-state index is -0.145. The number of piperidine rings is 1. The molecule has 6 heteroatoms. The number of hydrogen-bond donors (Lipinski definition) is 1. The van der Waals surface area contributed by atoms with Gasteiger partial charge < -0.3 is 9.64 Å². The van der Waals surface area contributed by atoms with Gasteiger partial charge in [-0.2, -0.15) is 0 Å². The standard InChI is InChI=1S/C21H26N4O2/c1-4-16-6-5-7-17(10-16)11-18-8-9-25(14-15(18)2)21(26)24-19-12-23-20(27-3)13-22-19/h5-7,10-13,15H,4,8-9,14H2,1-3H3,(H,22,24,26). The summed E-state index contributed by atoms with van der Waals surface area (Å²) < 4.78 is 4.98. The number of aromatic nitrogens is 2. The number of benzene rings is 1. The Hall–Kier alpha value is -2.89. The summed E-state index contributed by atoms with van der Waals surface area (Å²) in [5.41, 5.74) is 3.97. The molecule has 1 unspecified atom stereocenters. The van der Waals surface area contributed by atoms with Crippen molar-refractivity contribution >= 4 is 17.9 Å². The molecule has 2 heterocycles. The molecule has 1 aliphatic rings. The van der Waals surface area contributed by atoms with Gasteiger partial charge in [-0.25, -0.2) is 14.8 Å². The molecule has 0 saturated carbocycles. The lowest BCUT2D eigenvalue weighted by molar-refractivity contribution is 0.197. The fourth-order valence-electron chi connectivity index (χ4n) is 3.24. The van der Waals surface area contributed by atoms with Crippen LogP contribution in [0.1, 0.15) is 31.4 Å². The molecule has 1 aromatic heterocycles. The minimum Gasteiger partial charge on any atom is -0.480 e. The van der Waals surface area contributed by atoms with Gasteiger partial charge in [0.15, 0.2) is 5.82 Å². The van der Waals surface area contributed by atoms with Gasteiger partial charge >= 0.3 is 6.03 Å². The Labute approximate surface area is 160 Å². The molecule has 0 radical (unpaired) electrons. The Bertz CT molecular complexity index is 817. The van der Waals surface area contributed by atoms with Crippen LogP contribution in [-0.2, 0) is 6.42 Å². The van der Waals surface area contributed by atoms with Crippen molar-refractivity contribution in [2.75, 3.05) is 25.5 Å². The molecule has 3 rings (SSSR count). The molecule has 142 valence electrons. The average Bonchev–Trinajstić information content (AvgIpc) is 2.70. The van der Waals surface area contributed by atoms with Gasteiger partial charge in [-0.15, -0.1) is 0 Å². The molecular weight excluding hydrogens is 340 g/mol. The number of hydrogen-bond acceptors (Lipinski definition) is 4. The molecule has 1 fully saturated rings. The van der Waals surface area contributed by atoms with E-state index in [1.54, 1.807) is 0 Å². The van der Waals surface area contributed by atoms with E-state index in [-0.39, 0.29) is 6.03 Å². The number of rotatable bonds is 4. The quantitative estimate of drug-likeness (QED) is 0.888. The van der Waals surface area contributed by atoms with Gasteiger partial charge in [-0.05, 0) is 29.9 Å². The predicted molar refractivity (Wildman–Crippen MR) is 107 cm³/mol. The molecule has 27 heavy (non-hydrogen) atoms. The smallest absolute Gasteiger partial charge is 0.323 e. The number of carbonyl (C=O) groups is 1. The molecular formula is C21H26N4O2. The Morgan fingerprint density at radius 2 is 2.22 bits per heavy atom. The van der Waals surface area contributed by atoms with Gasteiger partial charge in [-0.1, -0.05) is 49.8 Å². The normalized spacial score (nSPS) is 18.4. The second kappa shape index (κ2) is 8.66. The molecule has 0 bridgehead atoms. The summed E-state index contributed by atoms with van der Waals surface area (Å²) in [5.74, 6) is 1.16. The van der Waals surface area contributed by atoms with E-state index in [4.69, 9.17) is 4.74 Å². The van der Waals surface area contributed by atoms with Crippen molar-refractivity contribution in [1.29, 1.82) is 0 Å². The summed E-state index contributed by atoms with van der Waals surface area (Å²) >= 11 is 0. The Morgan fingerprint density at radius 3 is 2.89 bits per heavy atom. The maximum Gasteiger partial charge on any atom is 0.323 e. The van der Waals surface area contributed by atoms with Crippen LogP contribution in [0.4, 0.5) is 10.6 Å². The first kappa shape index (κ1) is 18.9. The van der Waals surface area contributed by atoms with E-state index in [0.29, 0.717) is 30.7 Å². The second-order valence-electron chi connectivity index (χ2n) is 6.79. The monoisotopic (exact) mass is 366 g/mol. The first-order valence-corrected chi connectivity index (χ1v) is 9.30. The molecule has 2 aromatic rings. The summed E-state index contributed by atoms with van der Waals surface area (Å²) in [4.78, 5) is 22.5. The fourth-order valence-corrected chi connectivity index (χ4v) is 3.24. The highest BCUT2D eigenvalue weighted by Crippen LogP contribution is 2.25. The summed E-state index contributed by atoms with van der Waals surface area (Å²) in [7, 11) is 1.53. The van der Waals surface area contributed by atoms with E-state index in [1.807, 2.05) is 4.90 Å². The topological polar surface area (TPSA) is 67.4 Å². The van der Waals surface area contributed by atoms with Crippen molar-refractivity contribution in [3.05, 3.63) is 53.4 Å². The highest BCUT2D eigenvalue weighted by molar-refractivity contribution is 5.88. The van der Waals surface area contributed by atoms with Crippen molar-refractivity contribution in [3.63, 3.8) is 0 Å². The van der Waals surface area contributed by atoms with Gasteiger partial charge in [0.05, 0.1) is 19.5 Å². The van der Waals surface area contributed by atoms with E-state index in [2.05, 4.69) is 59.5 Å². The lowest BCUT2D eigenvalue weighted by Crippen LogP contribution is -2.42. The van der Waals surface area contributed by atoms with Crippen molar-refractivity contribution in [2.45, 2.75) is 26.7 Å². The second-order valence-corrected chi connectivity index (χ2v) is 6.79. The summed E-state index contributed by atoms with van der Waals surface area (Å²) in [5, 5.41) is 2.80. The van der Waals surface area contributed by atoms with Crippen molar-refractivity contribution in [3.8, 4) is 5.88 Å². The Balaban J connectivity index is 1.61. The number of methoxy groups -OCH3 is 1. The molecule has 0 spiro atoms. The van der Waals surface area contributed by atoms with Crippen LogP contribution in [-0.4, -0.2) is 41.1 Å². The highest BCUT2D eigenvalue weighted by Gasteiger charge is 2.24. The number of nitrogens with one attached hydrogen (secondary N) is 1. The number of nitrogens with zero attached hydrogens (tertiary/aromatic N) is 3. The van der Waals surface area contributed by atoms with Crippen molar-refractivity contribution in [2.24, 2.45) is 5.92 Å². The lowest BCUT2D eigenvalue weighted by Gasteiger charge is -2.33. The SMILES string of the molecule is CCc1cccc(C=C2CCN(C(=O)Nc3cnc(OC)cn3)CC2C)c1. The van der Waals surface area contributed by atoms with Crippen LogP contribution < -0.4 is 10.1 Å². The van der Waals surface area contributed by atoms with Crippen LogP contribution >= 0.6 is 0 Å². The summed E-state index contributed by atoms with van der Waals surface area (Å²) in [6, 6.07) is 8.49. The van der Waals surface area contributed by atoms with Gasteiger partial charge in [0.25, 0.3) is 0 Å². The maximum atomic E-state index is 12.5. The fraction of sp³-hybridized carbons (Fsp3) is 0.381. The minimum absolute atomic E-state index is 0.145. The third-order valence-electron chi connectivity index (χ3n) is 4.87. The van der Waals surface area contributed by atoms with Gasteiger partial charge in [0.1, 0.15) is 0 Å². The third-order valence-corrected chi connectivity index (χ3v) is 4.87. The first-order valence-electron chi connectivity index (χ1n) is 9.30. The molecule has 0 aliphatic carbocycles. The number of urea groups is 1. The maximum absolute atomic E-state index is 12.5. The molecule has 1 atom stereocenters. The zero-order valence-electron chi connectivity index (χ0n) is 16.1. The van der Waals surface area contributed by atoms with E-state index >= 15 is 0 Å². The van der Waals surface area contributed by atoms with Crippen molar-refractivity contribution in [1.82, 2.24) is 14.9 Å². The highest BCUT2D eigenvalue weighted by atomic mass is 16.5. The largest absolute Gasteiger partial charge is 0.480 e. The number of anilines is 1. The average molecular weight is 366 g/mol. The van der Waals surface area contributed by atoms with E-state index < -0.39 is 0 Å². The molecule has 1 aromatic carbocycles. The molecule has 2 amide bonds. The molecule has 1 saturated heterocycles. The third kappa shape index (κ3) is 4.84. The van der Waals surface area contributed by atoms with Gasteiger partial charge in [0.2, 0.25) is 5.88 Å². The van der Waals surface area contributed by atoms with Crippen LogP contribution in [0.2, 0.25) is 0 Å². The number of likely N-dealkylation sites (tertiary alicyclic amines) is 1. The van der Waals surface area contributed by atoms with E-state index in [1.165, 1.54) is 36.2 Å². The Morgan fingerprint density at radius 1 is 1.37 bits per heavy atom. The van der Waals surface area contributed by atoms with Crippen LogP contribution in [0.3, 0.4) is 0 Å². The first-order chi connectivity index (χ1) is 13.1. The van der Waals surface area contributed by atoms with E-state index in [9.17, 15) is 4.79 Å².